The molecule has 0 saturated carbocycles. The SMILES string of the molecule is CN1C(=S)N(c2ccc(Cl)cc2)C(=O)/C1=C/c1ccc(CN(CCC#N)S(C)(=O)=O)o1. The third-order valence-corrected chi connectivity index (χ3v) is 6.54. The van der Waals surface area contributed by atoms with Crippen LogP contribution in [0.3, 0.4) is 0 Å². The number of carbonyl (C=O) groups is 1. The number of sulfonamides is 1. The monoisotopic (exact) mass is 478 g/mol. The molecule has 8 nitrogen and oxygen atoms in total. The number of thiocarbonyl (C=S) groups is 1. The number of hydrogen-bond acceptors (Lipinski definition) is 6. The molecule has 1 aliphatic rings. The average Bonchev–Trinajstić information content (AvgIpc) is 3.23. The van der Waals surface area contributed by atoms with Crippen LogP contribution in [0.5, 0.6) is 0 Å². The van der Waals surface area contributed by atoms with Crippen molar-refractivity contribution in [1.82, 2.24) is 9.21 Å². The van der Waals surface area contributed by atoms with Gasteiger partial charge in [-0.05, 0) is 48.6 Å². The summed E-state index contributed by atoms with van der Waals surface area (Å²) in [5, 5.41) is 9.60. The van der Waals surface area contributed by atoms with Crippen LogP contribution in [-0.2, 0) is 21.4 Å². The lowest BCUT2D eigenvalue weighted by Crippen LogP contribution is -2.31. The Morgan fingerprint density at radius 3 is 2.55 bits per heavy atom. The summed E-state index contributed by atoms with van der Waals surface area (Å²) in [6, 6.07) is 12.0. The van der Waals surface area contributed by atoms with Crippen molar-refractivity contribution in [1.29, 1.82) is 5.26 Å². The van der Waals surface area contributed by atoms with Gasteiger partial charge in [-0.1, -0.05) is 11.6 Å². The molecule has 0 aliphatic carbocycles. The van der Waals surface area contributed by atoms with Crippen molar-refractivity contribution in [3.8, 4) is 6.07 Å². The van der Waals surface area contributed by atoms with Crippen LogP contribution in [-0.4, -0.2) is 48.5 Å². The zero-order valence-electron chi connectivity index (χ0n) is 16.8. The molecule has 1 fully saturated rings. The van der Waals surface area contributed by atoms with Crippen molar-refractivity contribution in [3.63, 3.8) is 0 Å². The van der Waals surface area contributed by atoms with Crippen molar-refractivity contribution < 1.29 is 17.6 Å². The molecule has 0 radical (unpaired) electrons. The lowest BCUT2D eigenvalue weighted by molar-refractivity contribution is -0.114. The van der Waals surface area contributed by atoms with E-state index < -0.39 is 10.0 Å². The van der Waals surface area contributed by atoms with E-state index in [4.69, 9.17) is 33.5 Å². The molecule has 31 heavy (non-hydrogen) atoms. The summed E-state index contributed by atoms with van der Waals surface area (Å²) in [5.41, 5.74) is 0.904. The second kappa shape index (κ2) is 9.20. The van der Waals surface area contributed by atoms with Crippen molar-refractivity contribution in [2.45, 2.75) is 13.0 Å². The highest BCUT2D eigenvalue weighted by Crippen LogP contribution is 2.29. The Labute approximate surface area is 190 Å². The quantitative estimate of drug-likeness (QED) is 0.445. The zero-order chi connectivity index (χ0) is 22.8. The van der Waals surface area contributed by atoms with Gasteiger partial charge in [-0.15, -0.1) is 0 Å². The largest absolute Gasteiger partial charge is 0.460 e. The summed E-state index contributed by atoms with van der Waals surface area (Å²) < 4.78 is 30.7. The van der Waals surface area contributed by atoms with Gasteiger partial charge in [-0.3, -0.25) is 9.69 Å². The number of nitrogens with zero attached hydrogens (tertiary/aromatic N) is 4. The highest BCUT2D eigenvalue weighted by Gasteiger charge is 2.37. The molecule has 1 aromatic carbocycles. The lowest BCUT2D eigenvalue weighted by Gasteiger charge is -2.16. The van der Waals surface area contributed by atoms with Crippen molar-refractivity contribution in [3.05, 3.63) is 58.6 Å². The van der Waals surface area contributed by atoms with E-state index in [2.05, 4.69) is 0 Å². The maximum Gasteiger partial charge on any atom is 0.281 e. The molecule has 1 aromatic heterocycles. The lowest BCUT2D eigenvalue weighted by atomic mass is 10.2. The Morgan fingerprint density at radius 1 is 1.26 bits per heavy atom. The summed E-state index contributed by atoms with van der Waals surface area (Å²) in [5.74, 6) is 0.444. The zero-order valence-corrected chi connectivity index (χ0v) is 19.2. The van der Waals surface area contributed by atoms with Crippen LogP contribution in [0.25, 0.3) is 6.08 Å². The number of furan rings is 1. The third-order valence-electron chi connectivity index (χ3n) is 4.58. The van der Waals surface area contributed by atoms with Gasteiger partial charge in [-0.2, -0.15) is 9.57 Å². The molecule has 3 rings (SSSR count). The molecule has 1 saturated heterocycles. The molecule has 2 heterocycles. The summed E-state index contributed by atoms with van der Waals surface area (Å²) in [4.78, 5) is 16.0. The first-order valence-corrected chi connectivity index (χ1v) is 11.8. The Hall–Kier alpha value is -2.71. The van der Waals surface area contributed by atoms with Gasteiger partial charge in [0.1, 0.15) is 17.2 Å². The number of rotatable bonds is 7. The van der Waals surface area contributed by atoms with Gasteiger partial charge in [-0.25, -0.2) is 8.42 Å². The fourth-order valence-electron chi connectivity index (χ4n) is 2.98. The van der Waals surface area contributed by atoms with Crippen LogP contribution in [0.1, 0.15) is 17.9 Å². The van der Waals surface area contributed by atoms with Crippen LogP contribution in [0.4, 0.5) is 5.69 Å². The molecule has 0 unspecified atom stereocenters. The molecule has 162 valence electrons. The molecule has 0 bridgehead atoms. The van der Waals surface area contributed by atoms with Gasteiger partial charge in [0, 0.05) is 31.1 Å². The predicted molar refractivity (Wildman–Crippen MR) is 121 cm³/mol. The van der Waals surface area contributed by atoms with E-state index in [-0.39, 0.29) is 25.4 Å². The predicted octanol–water partition coefficient (Wildman–Crippen LogP) is 3.21. The Bertz CT molecular complexity index is 1180. The maximum atomic E-state index is 13.0. The minimum Gasteiger partial charge on any atom is -0.460 e. The van der Waals surface area contributed by atoms with Crippen LogP contribution in [0, 0.1) is 11.3 Å². The smallest absolute Gasteiger partial charge is 0.281 e. The first-order chi connectivity index (χ1) is 14.6. The highest BCUT2D eigenvalue weighted by atomic mass is 35.5. The fourth-order valence-corrected chi connectivity index (χ4v) is 4.17. The molecule has 11 heteroatoms. The second-order valence-electron chi connectivity index (χ2n) is 6.80. The maximum absolute atomic E-state index is 13.0. The Kier molecular flexibility index (Phi) is 6.81. The van der Waals surface area contributed by atoms with Gasteiger partial charge >= 0.3 is 0 Å². The topological polar surface area (TPSA) is 97.9 Å². The Balaban J connectivity index is 1.83. The summed E-state index contributed by atoms with van der Waals surface area (Å²) in [6.07, 6.45) is 2.70. The number of hydrogen-bond donors (Lipinski definition) is 0. The van der Waals surface area contributed by atoms with Crippen LogP contribution >= 0.6 is 23.8 Å². The molecule has 0 spiro atoms. The molecule has 0 atom stereocenters. The summed E-state index contributed by atoms with van der Waals surface area (Å²) >= 11 is 11.3. The Morgan fingerprint density at radius 2 is 1.94 bits per heavy atom. The minimum atomic E-state index is -3.50. The van der Waals surface area contributed by atoms with E-state index in [1.54, 1.807) is 54.4 Å². The number of carbonyl (C=O) groups excluding carboxylic acids is 1. The van der Waals surface area contributed by atoms with Gasteiger partial charge < -0.3 is 9.32 Å². The summed E-state index contributed by atoms with van der Waals surface area (Å²) in [6.45, 7) is 0.0563. The first-order valence-electron chi connectivity index (χ1n) is 9.12. The van der Waals surface area contributed by atoms with Crippen molar-refractivity contribution >= 4 is 56.6 Å². The van der Waals surface area contributed by atoms with E-state index >= 15 is 0 Å². The van der Waals surface area contributed by atoms with E-state index in [0.29, 0.717) is 33.0 Å². The van der Waals surface area contributed by atoms with Crippen LogP contribution in [0.2, 0.25) is 5.02 Å². The normalized spacial score (nSPS) is 15.9. The molecule has 2 aromatic rings. The molecular formula is C20H19ClN4O4S2. The van der Waals surface area contributed by atoms with Crippen molar-refractivity contribution in [2.24, 2.45) is 0 Å². The standard InChI is InChI=1S/C20H19ClN4O4S2/c1-23-18(19(26)25(20(23)30)15-6-4-14(21)5-7-15)12-16-8-9-17(29-16)13-24(11-3-10-22)31(2,27)28/h4-9,12H,3,11,13H2,1-2H3/b18-12-. The van der Waals surface area contributed by atoms with E-state index in [9.17, 15) is 13.2 Å². The number of amides is 1. The first kappa shape index (κ1) is 23.0. The average molecular weight is 479 g/mol. The number of halogens is 1. The van der Waals surface area contributed by atoms with E-state index in [0.717, 1.165) is 10.6 Å². The number of benzene rings is 1. The highest BCUT2D eigenvalue weighted by molar-refractivity contribution is 7.88. The van der Waals surface area contributed by atoms with E-state index in [1.165, 1.54) is 4.90 Å². The molecular weight excluding hydrogens is 460 g/mol. The second-order valence-corrected chi connectivity index (χ2v) is 9.58. The van der Waals surface area contributed by atoms with Gasteiger partial charge in [0.15, 0.2) is 5.11 Å². The van der Waals surface area contributed by atoms with E-state index in [1.807, 2.05) is 6.07 Å². The fraction of sp³-hybridized carbons (Fsp3) is 0.250. The number of nitriles is 1. The minimum absolute atomic E-state index is 0.0111. The van der Waals surface area contributed by atoms with Crippen LogP contribution in [0.15, 0.2) is 46.5 Å². The van der Waals surface area contributed by atoms with Gasteiger partial charge in [0.2, 0.25) is 10.0 Å². The van der Waals surface area contributed by atoms with Gasteiger partial charge in [0.25, 0.3) is 5.91 Å². The number of likely N-dealkylation sites (N-methyl/N-ethyl adjacent to an activating group) is 1. The molecule has 1 amide bonds. The number of anilines is 1. The third kappa shape index (κ3) is 5.14. The van der Waals surface area contributed by atoms with Crippen molar-refractivity contribution in [2.75, 3.05) is 24.7 Å². The van der Waals surface area contributed by atoms with Crippen LogP contribution < -0.4 is 4.90 Å². The van der Waals surface area contributed by atoms with Gasteiger partial charge in [0.05, 0.1) is 24.6 Å². The summed E-state index contributed by atoms with van der Waals surface area (Å²) in [7, 11) is -1.82. The molecule has 0 N–H and O–H groups in total. The molecule has 1 aliphatic heterocycles.